The number of methoxy groups -OCH3 is 1. The first-order chi connectivity index (χ1) is 9.48. The summed E-state index contributed by atoms with van der Waals surface area (Å²) in [5, 5.41) is 12.9. The van der Waals surface area contributed by atoms with Crippen molar-refractivity contribution in [2.45, 2.75) is 32.9 Å². The molecule has 0 amide bonds. The molecule has 5 nitrogen and oxygen atoms in total. The van der Waals surface area contributed by atoms with Crippen LogP contribution in [-0.2, 0) is 6.54 Å². The molecular formula is C14H19N3O2S. The monoisotopic (exact) mass is 293 g/mol. The van der Waals surface area contributed by atoms with Crippen LogP contribution in [0.2, 0.25) is 0 Å². The van der Waals surface area contributed by atoms with Crippen LogP contribution < -0.4 is 14.8 Å². The van der Waals surface area contributed by atoms with Gasteiger partial charge in [-0.05, 0) is 32.9 Å². The fourth-order valence-electron chi connectivity index (χ4n) is 1.49. The number of rotatable bonds is 5. The minimum atomic E-state index is 0.0509. The Kier molecular flexibility index (Phi) is 4.57. The molecule has 2 rings (SSSR count). The average Bonchev–Trinajstić information content (AvgIpc) is 2.84. The molecule has 0 aliphatic rings. The van der Waals surface area contributed by atoms with Gasteiger partial charge in [0.05, 0.1) is 13.7 Å². The predicted octanol–water partition coefficient (Wildman–Crippen LogP) is 3.23. The zero-order valence-corrected chi connectivity index (χ0v) is 13.0. The Morgan fingerprint density at radius 3 is 2.50 bits per heavy atom. The third-order valence-corrected chi connectivity index (χ3v) is 3.29. The highest BCUT2D eigenvalue weighted by molar-refractivity contribution is 7.13. The van der Waals surface area contributed by atoms with Crippen LogP contribution in [0.5, 0.6) is 16.7 Å². The number of para-hydroxylation sites is 2. The lowest BCUT2D eigenvalue weighted by Crippen LogP contribution is -2.35. The highest BCUT2D eigenvalue weighted by Crippen LogP contribution is 2.32. The summed E-state index contributed by atoms with van der Waals surface area (Å²) in [7, 11) is 1.61. The van der Waals surface area contributed by atoms with E-state index in [9.17, 15) is 0 Å². The van der Waals surface area contributed by atoms with Gasteiger partial charge in [-0.1, -0.05) is 28.6 Å². The molecule has 1 N–H and O–H groups in total. The Morgan fingerprint density at radius 1 is 1.15 bits per heavy atom. The minimum Gasteiger partial charge on any atom is -0.493 e. The fourth-order valence-corrected chi connectivity index (χ4v) is 2.13. The zero-order chi connectivity index (χ0) is 14.6. The van der Waals surface area contributed by atoms with Gasteiger partial charge in [0.15, 0.2) is 11.5 Å². The summed E-state index contributed by atoms with van der Waals surface area (Å²) in [6.07, 6.45) is 0. The van der Waals surface area contributed by atoms with Crippen LogP contribution in [0.1, 0.15) is 25.8 Å². The highest BCUT2D eigenvalue weighted by atomic mass is 32.1. The Balaban J connectivity index is 2.02. The Hall–Kier alpha value is -1.66. The van der Waals surface area contributed by atoms with Crippen molar-refractivity contribution < 1.29 is 9.47 Å². The lowest BCUT2D eigenvalue weighted by Gasteiger charge is -2.19. The van der Waals surface area contributed by atoms with Crippen molar-refractivity contribution in [2.75, 3.05) is 7.11 Å². The molecule has 0 atom stereocenters. The SMILES string of the molecule is COc1ccccc1Oc1nnc(CNC(C)(C)C)s1. The second-order valence-corrected chi connectivity index (χ2v) is 6.34. The smallest absolute Gasteiger partial charge is 0.299 e. The molecule has 0 saturated carbocycles. The standard InChI is InChI=1S/C14H19N3O2S/c1-14(2,3)15-9-12-16-17-13(20-12)19-11-8-6-5-7-10(11)18-4/h5-8,15H,9H2,1-4H3. The Labute approximate surface area is 123 Å². The van der Waals surface area contributed by atoms with Crippen molar-refractivity contribution in [1.29, 1.82) is 0 Å². The lowest BCUT2D eigenvalue weighted by molar-refractivity contribution is 0.377. The quantitative estimate of drug-likeness (QED) is 0.917. The molecule has 1 aromatic heterocycles. The molecule has 0 spiro atoms. The fraction of sp³-hybridized carbons (Fsp3) is 0.429. The van der Waals surface area contributed by atoms with Gasteiger partial charge >= 0.3 is 0 Å². The maximum atomic E-state index is 5.71. The molecule has 0 aliphatic heterocycles. The maximum Gasteiger partial charge on any atom is 0.299 e. The molecule has 20 heavy (non-hydrogen) atoms. The maximum absolute atomic E-state index is 5.71. The third-order valence-electron chi connectivity index (χ3n) is 2.48. The molecule has 6 heteroatoms. The molecule has 0 bridgehead atoms. The normalized spacial score (nSPS) is 11.4. The van der Waals surface area contributed by atoms with E-state index in [1.165, 1.54) is 11.3 Å². The second-order valence-electron chi connectivity index (χ2n) is 5.32. The number of nitrogens with zero attached hydrogens (tertiary/aromatic N) is 2. The molecule has 2 aromatic rings. The average molecular weight is 293 g/mol. The topological polar surface area (TPSA) is 56.3 Å². The molecule has 0 aliphatic carbocycles. The van der Waals surface area contributed by atoms with Gasteiger partial charge in [-0.15, -0.1) is 5.10 Å². The minimum absolute atomic E-state index is 0.0509. The van der Waals surface area contributed by atoms with Crippen molar-refractivity contribution in [3.63, 3.8) is 0 Å². The Morgan fingerprint density at radius 2 is 1.85 bits per heavy atom. The molecule has 108 valence electrons. The summed E-state index contributed by atoms with van der Waals surface area (Å²) >= 11 is 1.43. The highest BCUT2D eigenvalue weighted by Gasteiger charge is 2.13. The molecule has 0 radical (unpaired) electrons. The number of ether oxygens (including phenoxy) is 2. The van der Waals surface area contributed by atoms with E-state index in [1.807, 2.05) is 24.3 Å². The molecular weight excluding hydrogens is 274 g/mol. The van der Waals surface area contributed by atoms with Crippen molar-refractivity contribution in [3.05, 3.63) is 29.3 Å². The van der Waals surface area contributed by atoms with Crippen LogP contribution in [0, 0.1) is 0 Å². The second kappa shape index (κ2) is 6.19. The molecule has 0 saturated heterocycles. The van der Waals surface area contributed by atoms with Gasteiger partial charge in [-0.3, -0.25) is 0 Å². The van der Waals surface area contributed by atoms with E-state index in [4.69, 9.17) is 9.47 Å². The number of hydrogen-bond donors (Lipinski definition) is 1. The molecule has 1 heterocycles. The van der Waals surface area contributed by atoms with E-state index in [2.05, 4.69) is 36.3 Å². The van der Waals surface area contributed by atoms with E-state index in [0.29, 0.717) is 23.2 Å². The van der Waals surface area contributed by atoms with Gasteiger partial charge in [0, 0.05) is 5.54 Å². The number of aromatic nitrogens is 2. The first kappa shape index (κ1) is 14.7. The van der Waals surface area contributed by atoms with Gasteiger partial charge < -0.3 is 14.8 Å². The van der Waals surface area contributed by atoms with Crippen LogP contribution in [0.3, 0.4) is 0 Å². The summed E-state index contributed by atoms with van der Waals surface area (Å²) in [4.78, 5) is 0. The van der Waals surface area contributed by atoms with Crippen molar-refractivity contribution in [3.8, 4) is 16.7 Å². The zero-order valence-electron chi connectivity index (χ0n) is 12.1. The molecule has 0 fully saturated rings. The number of benzene rings is 1. The van der Waals surface area contributed by atoms with Gasteiger partial charge in [0.25, 0.3) is 5.19 Å². The first-order valence-corrected chi connectivity index (χ1v) is 7.18. The van der Waals surface area contributed by atoms with Crippen molar-refractivity contribution in [1.82, 2.24) is 15.5 Å². The van der Waals surface area contributed by atoms with Crippen LogP contribution >= 0.6 is 11.3 Å². The van der Waals surface area contributed by atoms with Gasteiger partial charge in [-0.25, -0.2) is 0 Å². The molecule has 0 unspecified atom stereocenters. The van der Waals surface area contributed by atoms with Crippen molar-refractivity contribution >= 4 is 11.3 Å². The number of hydrogen-bond acceptors (Lipinski definition) is 6. The first-order valence-electron chi connectivity index (χ1n) is 6.36. The lowest BCUT2D eigenvalue weighted by atomic mass is 10.1. The summed E-state index contributed by atoms with van der Waals surface area (Å²) in [6.45, 7) is 7.01. The summed E-state index contributed by atoms with van der Waals surface area (Å²) in [6, 6.07) is 7.47. The van der Waals surface area contributed by atoms with Gasteiger partial charge in [0.2, 0.25) is 0 Å². The van der Waals surface area contributed by atoms with E-state index in [1.54, 1.807) is 7.11 Å². The van der Waals surface area contributed by atoms with Crippen LogP contribution in [0.4, 0.5) is 0 Å². The van der Waals surface area contributed by atoms with Gasteiger partial charge in [0.1, 0.15) is 5.01 Å². The number of nitrogens with one attached hydrogen (secondary N) is 1. The Bertz CT molecular complexity index is 564. The summed E-state index contributed by atoms with van der Waals surface area (Å²) in [5.41, 5.74) is 0.0509. The van der Waals surface area contributed by atoms with Crippen LogP contribution in [0.25, 0.3) is 0 Å². The summed E-state index contributed by atoms with van der Waals surface area (Å²) < 4.78 is 10.9. The molecule has 1 aromatic carbocycles. The van der Waals surface area contributed by atoms with Crippen LogP contribution in [0.15, 0.2) is 24.3 Å². The largest absolute Gasteiger partial charge is 0.493 e. The van der Waals surface area contributed by atoms with Gasteiger partial charge in [-0.2, -0.15) is 0 Å². The summed E-state index contributed by atoms with van der Waals surface area (Å²) in [5.74, 6) is 1.32. The van der Waals surface area contributed by atoms with E-state index in [0.717, 1.165) is 5.01 Å². The van der Waals surface area contributed by atoms with Crippen molar-refractivity contribution in [2.24, 2.45) is 0 Å². The third kappa shape index (κ3) is 4.18. The van der Waals surface area contributed by atoms with E-state index in [-0.39, 0.29) is 5.54 Å². The predicted molar refractivity (Wildman–Crippen MR) is 79.6 cm³/mol. The van der Waals surface area contributed by atoms with E-state index >= 15 is 0 Å². The van der Waals surface area contributed by atoms with Crippen LogP contribution in [-0.4, -0.2) is 22.8 Å². The van der Waals surface area contributed by atoms with E-state index < -0.39 is 0 Å².